The van der Waals surface area contributed by atoms with E-state index < -0.39 is 11.2 Å². The molecule has 0 saturated carbocycles. The van der Waals surface area contributed by atoms with Crippen molar-refractivity contribution in [2.75, 3.05) is 18.6 Å². The van der Waals surface area contributed by atoms with Crippen LogP contribution in [0.2, 0.25) is 0 Å². The number of benzene rings is 2. The van der Waals surface area contributed by atoms with Gasteiger partial charge in [-0.25, -0.2) is 9.36 Å². The Balaban J connectivity index is 1.86. The predicted octanol–water partition coefficient (Wildman–Crippen LogP) is 3.58. The molecule has 0 saturated heterocycles. The minimum absolute atomic E-state index is 0.191. The van der Waals surface area contributed by atoms with Gasteiger partial charge in [0, 0.05) is 12.2 Å². The Morgan fingerprint density at radius 1 is 1.09 bits per heavy atom. The van der Waals surface area contributed by atoms with Crippen LogP contribution in [0.3, 0.4) is 0 Å². The second-order valence-electron chi connectivity index (χ2n) is 7.29. The van der Waals surface area contributed by atoms with Gasteiger partial charge in [-0.1, -0.05) is 24.3 Å². The number of methoxy groups -OCH3 is 1. The lowest BCUT2D eigenvalue weighted by atomic mass is 10.2. The van der Waals surface area contributed by atoms with E-state index >= 15 is 0 Å². The molecule has 4 rings (SSSR count). The number of thiophene rings is 1. The summed E-state index contributed by atoms with van der Waals surface area (Å²) in [7, 11) is 1.48. The zero-order valence-electron chi connectivity index (χ0n) is 18.1. The van der Waals surface area contributed by atoms with Crippen molar-refractivity contribution in [1.82, 2.24) is 9.13 Å². The molecule has 4 aromatic rings. The Morgan fingerprint density at radius 2 is 1.88 bits per heavy atom. The van der Waals surface area contributed by atoms with Gasteiger partial charge in [-0.2, -0.15) is 0 Å². The maximum atomic E-state index is 13.5. The maximum absolute atomic E-state index is 13.5. The van der Waals surface area contributed by atoms with Crippen molar-refractivity contribution < 1.29 is 9.53 Å². The number of ether oxygens (including phenoxy) is 1. The van der Waals surface area contributed by atoms with Crippen LogP contribution in [0, 0.1) is 6.92 Å². The van der Waals surface area contributed by atoms with Crippen LogP contribution in [0.1, 0.15) is 12.5 Å². The van der Waals surface area contributed by atoms with Crippen molar-refractivity contribution in [2.45, 2.75) is 20.4 Å². The molecule has 2 aromatic carbocycles. The Kier molecular flexibility index (Phi) is 5.96. The van der Waals surface area contributed by atoms with E-state index in [1.165, 1.54) is 23.0 Å². The van der Waals surface area contributed by atoms with Gasteiger partial charge in [0.25, 0.3) is 5.56 Å². The number of carbonyl (C=O) groups excluding carboxylic acids is 1. The fourth-order valence-corrected chi connectivity index (χ4v) is 4.61. The minimum atomic E-state index is -0.584. The number of aromatic nitrogens is 2. The van der Waals surface area contributed by atoms with Crippen LogP contribution in [0.25, 0.3) is 15.9 Å². The summed E-state index contributed by atoms with van der Waals surface area (Å²) in [5.41, 5.74) is 1.58. The van der Waals surface area contributed by atoms with Crippen molar-refractivity contribution >= 4 is 33.1 Å². The van der Waals surface area contributed by atoms with Crippen LogP contribution in [0.15, 0.2) is 69.6 Å². The Labute approximate surface area is 188 Å². The fourth-order valence-electron chi connectivity index (χ4n) is 3.79. The second-order valence-corrected chi connectivity index (χ2v) is 8.21. The van der Waals surface area contributed by atoms with Crippen LogP contribution in [-0.2, 0) is 11.3 Å². The number of fused-ring (bicyclic) bond motifs is 1. The van der Waals surface area contributed by atoms with Crippen LogP contribution < -0.4 is 20.9 Å². The van der Waals surface area contributed by atoms with Gasteiger partial charge in [-0.15, -0.1) is 11.3 Å². The SMILES string of the molecule is CCN(C(=O)Cn1c(=O)n(-c2ccccc2OC)c(=O)c2sccc21)c1cccc(C)c1. The molecule has 2 heterocycles. The van der Waals surface area contributed by atoms with Crippen LogP contribution >= 0.6 is 11.3 Å². The predicted molar refractivity (Wildman–Crippen MR) is 127 cm³/mol. The molecule has 0 spiro atoms. The third-order valence-corrected chi connectivity index (χ3v) is 6.20. The molecule has 7 nitrogen and oxygen atoms in total. The quantitative estimate of drug-likeness (QED) is 0.451. The monoisotopic (exact) mass is 449 g/mol. The van der Waals surface area contributed by atoms with Crippen molar-refractivity contribution in [3.63, 3.8) is 0 Å². The smallest absolute Gasteiger partial charge is 0.336 e. The van der Waals surface area contributed by atoms with Crippen molar-refractivity contribution in [2.24, 2.45) is 0 Å². The molecule has 2 aromatic heterocycles. The van der Waals surface area contributed by atoms with Crippen LogP contribution in [0.5, 0.6) is 5.75 Å². The molecular weight excluding hydrogens is 426 g/mol. The van der Waals surface area contributed by atoms with E-state index in [1.807, 2.05) is 38.1 Å². The first kappa shape index (κ1) is 21.6. The summed E-state index contributed by atoms with van der Waals surface area (Å²) in [4.78, 5) is 41.6. The van der Waals surface area contributed by atoms with Gasteiger partial charge in [0.2, 0.25) is 5.91 Å². The number of para-hydroxylation sites is 2. The van der Waals surface area contributed by atoms with Gasteiger partial charge in [-0.3, -0.25) is 14.2 Å². The third kappa shape index (κ3) is 3.73. The van der Waals surface area contributed by atoms with Gasteiger partial charge in [-0.05, 0) is 55.1 Å². The molecule has 0 N–H and O–H groups in total. The average Bonchev–Trinajstić information content (AvgIpc) is 3.28. The van der Waals surface area contributed by atoms with Gasteiger partial charge >= 0.3 is 5.69 Å². The van der Waals surface area contributed by atoms with Gasteiger partial charge in [0.1, 0.15) is 17.0 Å². The summed E-state index contributed by atoms with van der Waals surface area (Å²) in [6.07, 6.45) is 0. The summed E-state index contributed by atoms with van der Waals surface area (Å²) in [5.74, 6) is 0.161. The number of carbonyl (C=O) groups is 1. The Hall–Kier alpha value is -3.65. The summed E-state index contributed by atoms with van der Waals surface area (Å²) in [6.45, 7) is 4.11. The molecule has 0 aliphatic carbocycles. The molecule has 0 atom stereocenters. The van der Waals surface area contributed by atoms with E-state index in [2.05, 4.69) is 0 Å². The maximum Gasteiger partial charge on any atom is 0.336 e. The van der Waals surface area contributed by atoms with Crippen LogP contribution in [-0.4, -0.2) is 28.7 Å². The van der Waals surface area contributed by atoms with E-state index in [9.17, 15) is 14.4 Å². The largest absolute Gasteiger partial charge is 0.495 e. The van der Waals surface area contributed by atoms with E-state index in [0.29, 0.717) is 28.2 Å². The zero-order chi connectivity index (χ0) is 22.8. The van der Waals surface area contributed by atoms with Gasteiger partial charge < -0.3 is 9.64 Å². The Bertz CT molecular complexity index is 1420. The highest BCUT2D eigenvalue weighted by molar-refractivity contribution is 7.17. The highest BCUT2D eigenvalue weighted by Crippen LogP contribution is 2.22. The molecule has 0 radical (unpaired) electrons. The molecule has 1 amide bonds. The lowest BCUT2D eigenvalue weighted by molar-refractivity contribution is -0.119. The molecule has 164 valence electrons. The second kappa shape index (κ2) is 8.84. The molecule has 32 heavy (non-hydrogen) atoms. The highest BCUT2D eigenvalue weighted by atomic mass is 32.1. The molecular formula is C24H23N3O4S. The molecule has 0 unspecified atom stereocenters. The number of hydrogen-bond donors (Lipinski definition) is 0. The summed E-state index contributed by atoms with van der Waals surface area (Å²) in [5, 5.41) is 1.75. The molecule has 0 aliphatic rings. The average molecular weight is 450 g/mol. The summed E-state index contributed by atoms with van der Waals surface area (Å²) < 4.78 is 8.21. The first-order valence-corrected chi connectivity index (χ1v) is 11.1. The van der Waals surface area contributed by atoms with Gasteiger partial charge in [0.15, 0.2) is 0 Å². The van der Waals surface area contributed by atoms with Crippen LogP contribution in [0.4, 0.5) is 5.69 Å². The van der Waals surface area contributed by atoms with Crippen molar-refractivity contribution in [1.29, 1.82) is 0 Å². The number of hydrogen-bond acceptors (Lipinski definition) is 5. The summed E-state index contributed by atoms with van der Waals surface area (Å²) in [6, 6.07) is 16.2. The van der Waals surface area contributed by atoms with Crippen molar-refractivity contribution in [3.8, 4) is 11.4 Å². The molecule has 0 aliphatic heterocycles. The number of aryl methyl sites for hydroxylation is 1. The van der Waals surface area contributed by atoms with E-state index in [0.717, 1.165) is 15.8 Å². The molecule has 8 heteroatoms. The zero-order valence-corrected chi connectivity index (χ0v) is 18.9. The van der Waals surface area contributed by atoms with Gasteiger partial charge in [0.05, 0.1) is 18.3 Å². The van der Waals surface area contributed by atoms with E-state index in [4.69, 9.17) is 4.74 Å². The first-order chi connectivity index (χ1) is 15.5. The minimum Gasteiger partial charge on any atom is -0.495 e. The number of amides is 1. The number of likely N-dealkylation sites (N-methyl/N-ethyl adjacent to an activating group) is 1. The third-order valence-electron chi connectivity index (χ3n) is 5.30. The lowest BCUT2D eigenvalue weighted by Gasteiger charge is -2.22. The van der Waals surface area contributed by atoms with E-state index in [1.54, 1.807) is 40.6 Å². The molecule has 0 fully saturated rings. The van der Waals surface area contributed by atoms with Crippen molar-refractivity contribution in [3.05, 3.63) is 86.4 Å². The molecule has 0 bridgehead atoms. The number of anilines is 1. The summed E-state index contributed by atoms with van der Waals surface area (Å²) >= 11 is 1.24. The topological polar surface area (TPSA) is 73.5 Å². The number of nitrogens with zero attached hydrogens (tertiary/aromatic N) is 3. The highest BCUT2D eigenvalue weighted by Gasteiger charge is 2.22. The number of rotatable bonds is 6. The first-order valence-electron chi connectivity index (χ1n) is 10.2. The lowest BCUT2D eigenvalue weighted by Crippen LogP contribution is -2.42. The Morgan fingerprint density at radius 3 is 2.59 bits per heavy atom. The normalized spacial score (nSPS) is 11.0. The fraction of sp³-hybridized carbons (Fsp3) is 0.208. The standard InChI is InChI=1S/C24H23N3O4S/c1-4-25(17-9-7-8-16(2)14-17)21(28)15-26-19-12-13-32-22(19)23(29)27(24(26)30)18-10-5-6-11-20(18)31-3/h5-14H,4,15H2,1-3H3. The van der Waals surface area contributed by atoms with E-state index in [-0.39, 0.29) is 12.5 Å².